The number of carbonyl (C=O) groups excluding carboxylic acids is 2. The van der Waals surface area contributed by atoms with Gasteiger partial charge in [-0.2, -0.15) is 0 Å². The predicted molar refractivity (Wildman–Crippen MR) is 132 cm³/mol. The molecule has 0 saturated carbocycles. The first-order chi connectivity index (χ1) is 15.6. The Morgan fingerprint density at radius 1 is 0.812 bits per heavy atom. The van der Waals surface area contributed by atoms with Crippen LogP contribution in [0.1, 0.15) is 113 Å². The van der Waals surface area contributed by atoms with Crippen LogP contribution in [0.15, 0.2) is 24.3 Å². The first-order valence-electron chi connectivity index (χ1n) is 13.1. The van der Waals surface area contributed by atoms with Crippen molar-refractivity contribution < 1.29 is 14.3 Å². The lowest BCUT2D eigenvalue weighted by molar-refractivity contribution is -0.150. The van der Waals surface area contributed by atoms with E-state index in [2.05, 4.69) is 6.92 Å². The quantitative estimate of drug-likeness (QED) is 0.215. The van der Waals surface area contributed by atoms with Gasteiger partial charge in [-0.15, -0.1) is 0 Å². The summed E-state index contributed by atoms with van der Waals surface area (Å²) in [4.78, 5) is 26.8. The van der Waals surface area contributed by atoms with Crippen LogP contribution in [0.3, 0.4) is 0 Å². The number of esters is 1. The Labute approximate surface area is 196 Å². The number of ether oxygens (including phenoxy) is 1. The fourth-order valence-corrected chi connectivity index (χ4v) is 4.43. The number of rotatable bonds is 15. The zero-order valence-corrected chi connectivity index (χ0v) is 20.6. The fourth-order valence-electron chi connectivity index (χ4n) is 4.43. The van der Waals surface area contributed by atoms with Crippen LogP contribution in [-0.2, 0) is 9.53 Å². The van der Waals surface area contributed by atoms with Gasteiger partial charge in [-0.3, -0.25) is 9.59 Å². The summed E-state index contributed by atoms with van der Waals surface area (Å²) in [6.07, 6.45) is 17.1. The Hall–Kier alpha value is -1.84. The van der Waals surface area contributed by atoms with Crippen LogP contribution < -0.4 is 0 Å². The fraction of sp³-hybridized carbons (Fsp3) is 0.714. The largest absolute Gasteiger partial charge is 0.465 e. The van der Waals surface area contributed by atoms with Gasteiger partial charge in [-0.25, -0.2) is 0 Å². The van der Waals surface area contributed by atoms with Crippen molar-refractivity contribution in [2.45, 2.75) is 104 Å². The molecule has 1 aromatic carbocycles. The third-order valence-corrected chi connectivity index (χ3v) is 6.66. The number of amides is 1. The normalized spacial score (nSPS) is 14.5. The Bertz CT molecular complexity index is 647. The third kappa shape index (κ3) is 10.2. The van der Waals surface area contributed by atoms with Gasteiger partial charge in [0, 0.05) is 18.7 Å². The van der Waals surface area contributed by atoms with E-state index in [4.69, 9.17) is 4.74 Å². The lowest BCUT2D eigenvalue weighted by atomic mass is 9.96. The van der Waals surface area contributed by atoms with Gasteiger partial charge in [0.05, 0.1) is 12.5 Å². The van der Waals surface area contributed by atoms with E-state index < -0.39 is 0 Å². The molecule has 1 aromatic rings. The van der Waals surface area contributed by atoms with Crippen molar-refractivity contribution in [3.05, 3.63) is 35.4 Å². The van der Waals surface area contributed by atoms with E-state index in [0.717, 1.165) is 24.0 Å². The predicted octanol–water partition coefficient (Wildman–Crippen LogP) is 7.09. The third-order valence-electron chi connectivity index (χ3n) is 6.66. The van der Waals surface area contributed by atoms with Crippen LogP contribution in [0, 0.1) is 12.8 Å². The van der Waals surface area contributed by atoms with Crippen LogP contribution in [0.4, 0.5) is 0 Å². The highest BCUT2D eigenvalue weighted by atomic mass is 16.5. The summed E-state index contributed by atoms with van der Waals surface area (Å²) >= 11 is 0. The van der Waals surface area contributed by atoms with Gasteiger partial charge in [0.1, 0.15) is 0 Å². The molecule has 0 radical (unpaired) electrons. The number of hydrogen-bond donors (Lipinski definition) is 0. The van der Waals surface area contributed by atoms with E-state index in [9.17, 15) is 9.59 Å². The van der Waals surface area contributed by atoms with E-state index >= 15 is 0 Å². The van der Waals surface area contributed by atoms with E-state index in [-0.39, 0.29) is 17.8 Å². The molecule has 0 spiro atoms. The molecule has 0 aromatic heterocycles. The number of benzene rings is 1. The summed E-state index contributed by atoms with van der Waals surface area (Å²) in [5.74, 6) is -0.0711. The Kier molecular flexibility index (Phi) is 13.1. The monoisotopic (exact) mass is 443 g/mol. The molecular weight excluding hydrogens is 398 g/mol. The zero-order chi connectivity index (χ0) is 23.0. The van der Waals surface area contributed by atoms with Crippen LogP contribution in [0.25, 0.3) is 0 Å². The molecule has 0 N–H and O–H groups in total. The van der Waals surface area contributed by atoms with Crippen molar-refractivity contribution in [3.8, 4) is 0 Å². The molecule has 4 heteroatoms. The summed E-state index contributed by atoms with van der Waals surface area (Å²) < 4.78 is 5.52. The van der Waals surface area contributed by atoms with Crippen LogP contribution in [0.2, 0.25) is 0 Å². The number of nitrogens with zero attached hydrogens (tertiary/aromatic N) is 1. The average Bonchev–Trinajstić information content (AvgIpc) is 2.82. The summed E-state index contributed by atoms with van der Waals surface area (Å²) in [7, 11) is 0. The van der Waals surface area contributed by atoms with Crippen LogP contribution in [-0.4, -0.2) is 36.5 Å². The average molecular weight is 444 g/mol. The minimum atomic E-state index is -0.0736. The molecule has 2 rings (SSSR count). The second kappa shape index (κ2) is 15.9. The number of piperidine rings is 1. The first kappa shape index (κ1) is 26.4. The molecule has 1 heterocycles. The van der Waals surface area contributed by atoms with E-state index in [1.807, 2.05) is 36.1 Å². The van der Waals surface area contributed by atoms with E-state index in [1.54, 1.807) is 0 Å². The topological polar surface area (TPSA) is 46.6 Å². The zero-order valence-electron chi connectivity index (χ0n) is 20.6. The van der Waals surface area contributed by atoms with Crippen LogP contribution >= 0.6 is 0 Å². The highest BCUT2D eigenvalue weighted by Crippen LogP contribution is 2.21. The van der Waals surface area contributed by atoms with E-state index in [0.29, 0.717) is 32.5 Å². The maximum Gasteiger partial charge on any atom is 0.309 e. The molecule has 180 valence electrons. The molecule has 1 saturated heterocycles. The molecule has 4 nitrogen and oxygen atoms in total. The minimum Gasteiger partial charge on any atom is -0.465 e. The second-order valence-electron chi connectivity index (χ2n) is 9.49. The minimum absolute atomic E-state index is 0.0607. The highest BCUT2D eigenvalue weighted by molar-refractivity contribution is 5.94. The van der Waals surface area contributed by atoms with Crippen molar-refractivity contribution in [2.24, 2.45) is 5.92 Å². The summed E-state index contributed by atoms with van der Waals surface area (Å²) in [6, 6.07) is 7.69. The number of unbranched alkanes of at least 4 members (excludes halogenated alkanes) is 11. The van der Waals surface area contributed by atoms with Crippen molar-refractivity contribution in [2.75, 3.05) is 19.7 Å². The lowest BCUT2D eigenvalue weighted by Gasteiger charge is -2.31. The molecular formula is C28H45NO3. The van der Waals surface area contributed by atoms with Crippen molar-refractivity contribution in [3.63, 3.8) is 0 Å². The van der Waals surface area contributed by atoms with Gasteiger partial charge in [0.2, 0.25) is 0 Å². The Balaban J connectivity index is 1.46. The standard InChI is InChI=1S/C28H45NO3/c1-3-4-5-6-7-8-9-10-11-12-13-14-23-32-28(31)26-19-21-29(22-20-26)27(30)25-17-15-24(2)16-18-25/h15-18,26H,3-14,19-23H2,1-2H3. The Morgan fingerprint density at radius 2 is 1.31 bits per heavy atom. The van der Waals surface area contributed by atoms with Gasteiger partial charge in [-0.05, 0) is 38.3 Å². The summed E-state index contributed by atoms with van der Waals surface area (Å²) in [6.45, 7) is 6.08. The highest BCUT2D eigenvalue weighted by Gasteiger charge is 2.28. The van der Waals surface area contributed by atoms with Crippen molar-refractivity contribution in [1.29, 1.82) is 0 Å². The summed E-state index contributed by atoms with van der Waals surface area (Å²) in [5, 5.41) is 0. The number of aryl methyl sites for hydroxylation is 1. The van der Waals surface area contributed by atoms with Crippen molar-refractivity contribution >= 4 is 11.9 Å². The SMILES string of the molecule is CCCCCCCCCCCCCCOC(=O)C1CCN(C(=O)c2ccc(C)cc2)CC1. The second-order valence-corrected chi connectivity index (χ2v) is 9.49. The van der Waals surface area contributed by atoms with Crippen molar-refractivity contribution in [1.82, 2.24) is 4.90 Å². The number of hydrogen-bond acceptors (Lipinski definition) is 3. The molecule has 1 amide bonds. The van der Waals surface area contributed by atoms with Crippen LogP contribution in [0.5, 0.6) is 0 Å². The number of likely N-dealkylation sites (tertiary alicyclic amines) is 1. The molecule has 1 aliphatic heterocycles. The molecule has 1 aliphatic rings. The molecule has 1 fully saturated rings. The maximum absolute atomic E-state index is 12.6. The molecule has 0 bridgehead atoms. The lowest BCUT2D eigenvalue weighted by Crippen LogP contribution is -2.40. The smallest absolute Gasteiger partial charge is 0.309 e. The maximum atomic E-state index is 12.6. The Morgan fingerprint density at radius 3 is 1.84 bits per heavy atom. The van der Waals surface area contributed by atoms with Gasteiger partial charge in [0.25, 0.3) is 5.91 Å². The molecule has 0 aliphatic carbocycles. The molecule has 32 heavy (non-hydrogen) atoms. The molecule has 0 unspecified atom stereocenters. The van der Waals surface area contributed by atoms with Gasteiger partial charge in [0.15, 0.2) is 0 Å². The van der Waals surface area contributed by atoms with E-state index in [1.165, 1.54) is 64.2 Å². The molecule has 0 atom stereocenters. The van der Waals surface area contributed by atoms with Gasteiger partial charge >= 0.3 is 5.97 Å². The summed E-state index contributed by atoms with van der Waals surface area (Å²) in [5.41, 5.74) is 1.87. The number of carbonyl (C=O) groups is 2. The first-order valence-corrected chi connectivity index (χ1v) is 13.1. The van der Waals surface area contributed by atoms with Gasteiger partial charge < -0.3 is 9.64 Å². The van der Waals surface area contributed by atoms with Gasteiger partial charge in [-0.1, -0.05) is 95.2 Å².